The molecule has 2 aromatic rings. The molecule has 2 aliphatic rings. The zero-order chi connectivity index (χ0) is 22.1. The fourth-order valence-electron chi connectivity index (χ4n) is 4.63. The number of piperazine rings is 2. The molecular formula is C24H28ClFN4O. The van der Waals surface area contributed by atoms with E-state index in [-0.39, 0.29) is 23.7 Å². The van der Waals surface area contributed by atoms with Crippen molar-refractivity contribution in [1.29, 1.82) is 0 Å². The number of carbonyl (C=O) groups excluding carboxylic acids is 1. The summed E-state index contributed by atoms with van der Waals surface area (Å²) in [5.74, 6) is -0.323. The number of halogens is 2. The van der Waals surface area contributed by atoms with Gasteiger partial charge in [0.05, 0.1) is 12.1 Å². The number of benzene rings is 2. The van der Waals surface area contributed by atoms with Crippen molar-refractivity contribution in [3.05, 3.63) is 76.2 Å². The van der Waals surface area contributed by atoms with Crippen molar-refractivity contribution in [2.75, 3.05) is 39.0 Å². The summed E-state index contributed by atoms with van der Waals surface area (Å²) in [6.07, 6.45) is 3.56. The van der Waals surface area contributed by atoms with Gasteiger partial charge in [0.25, 0.3) is 0 Å². The maximum absolute atomic E-state index is 13.2. The van der Waals surface area contributed by atoms with E-state index in [9.17, 15) is 9.18 Å². The lowest BCUT2D eigenvalue weighted by Crippen LogP contribution is -2.66. The molecule has 0 amide bonds. The van der Waals surface area contributed by atoms with Crippen LogP contribution in [0.25, 0.3) is 0 Å². The van der Waals surface area contributed by atoms with Gasteiger partial charge in [0.2, 0.25) is 0 Å². The number of hydrogen-bond donors (Lipinski definition) is 1. The maximum Gasteiger partial charge on any atom is 0.189 e. The number of allylic oxidation sites excluding steroid dienone is 1. The molecular weight excluding hydrogens is 415 g/mol. The van der Waals surface area contributed by atoms with Crippen molar-refractivity contribution in [1.82, 2.24) is 14.7 Å². The van der Waals surface area contributed by atoms with Crippen molar-refractivity contribution >= 4 is 23.1 Å². The molecule has 0 spiro atoms. The zero-order valence-corrected chi connectivity index (χ0v) is 18.6. The average Bonchev–Trinajstić information content (AvgIpc) is 2.70. The Morgan fingerprint density at radius 1 is 1.16 bits per heavy atom. The lowest BCUT2D eigenvalue weighted by molar-refractivity contribution is -0.0107. The van der Waals surface area contributed by atoms with Crippen LogP contribution in [0.5, 0.6) is 0 Å². The summed E-state index contributed by atoms with van der Waals surface area (Å²) in [7, 11) is 2.14. The fourth-order valence-corrected chi connectivity index (χ4v) is 4.80. The van der Waals surface area contributed by atoms with Crippen molar-refractivity contribution in [3.63, 3.8) is 0 Å². The molecule has 164 valence electrons. The van der Waals surface area contributed by atoms with Gasteiger partial charge in [-0.3, -0.25) is 9.69 Å². The van der Waals surface area contributed by atoms with Gasteiger partial charge in [0, 0.05) is 61.3 Å². The second-order valence-electron chi connectivity index (χ2n) is 8.67. The Hall–Kier alpha value is -2.41. The minimum atomic E-state index is -0.210. The molecule has 2 unspecified atom stereocenters. The van der Waals surface area contributed by atoms with E-state index in [0.717, 1.165) is 43.9 Å². The Balaban J connectivity index is 1.47. The van der Waals surface area contributed by atoms with Gasteiger partial charge in [0.1, 0.15) is 5.82 Å². The molecule has 7 heteroatoms. The predicted octanol–water partition coefficient (Wildman–Crippen LogP) is 3.57. The molecule has 2 bridgehead atoms. The molecule has 2 N–H and O–H groups in total. The Labute approximate surface area is 187 Å². The Morgan fingerprint density at radius 3 is 2.45 bits per heavy atom. The second kappa shape index (κ2) is 8.99. The number of aryl methyl sites for hydroxylation is 1. The lowest BCUT2D eigenvalue weighted by Gasteiger charge is -2.52. The molecule has 2 aliphatic heterocycles. The number of carbonyl (C=O) groups is 1. The lowest BCUT2D eigenvalue weighted by atomic mass is 10.00. The molecule has 2 aromatic carbocycles. The fraction of sp³-hybridized carbons (Fsp3) is 0.375. The topological polar surface area (TPSA) is 52.8 Å². The number of likely N-dealkylation sites (N-methyl/N-ethyl adjacent to an activating group) is 1. The standard InChI is InChI=1S/C24H28ClFN4O/c1-16-9-21(23(27)10-22(16)25)24(31)7-8-30-19-12-28(2)13-20(30)15-29(14-19)11-17-3-5-18(26)6-4-17/h3-10,19-20H,11-15,27H2,1-2H3/b8-7+. The molecule has 0 aliphatic carbocycles. The number of rotatable bonds is 5. The quantitative estimate of drug-likeness (QED) is 0.436. The summed E-state index contributed by atoms with van der Waals surface area (Å²) in [5.41, 5.74) is 8.85. The van der Waals surface area contributed by atoms with E-state index in [1.807, 2.05) is 25.3 Å². The smallest absolute Gasteiger partial charge is 0.189 e. The molecule has 2 fully saturated rings. The third-order valence-electron chi connectivity index (χ3n) is 6.14. The first-order valence-electron chi connectivity index (χ1n) is 10.5. The van der Waals surface area contributed by atoms with Crippen molar-refractivity contribution in [2.24, 2.45) is 0 Å². The molecule has 31 heavy (non-hydrogen) atoms. The van der Waals surface area contributed by atoms with Crippen molar-refractivity contribution < 1.29 is 9.18 Å². The van der Waals surface area contributed by atoms with Crippen LogP contribution >= 0.6 is 11.6 Å². The van der Waals surface area contributed by atoms with Crippen LogP contribution in [0.15, 0.2) is 48.7 Å². The third kappa shape index (κ3) is 4.92. The summed E-state index contributed by atoms with van der Waals surface area (Å²) < 4.78 is 13.2. The Kier molecular flexibility index (Phi) is 6.32. The first kappa shape index (κ1) is 21.8. The predicted molar refractivity (Wildman–Crippen MR) is 123 cm³/mol. The first-order chi connectivity index (χ1) is 14.8. The van der Waals surface area contributed by atoms with Gasteiger partial charge in [0.15, 0.2) is 5.78 Å². The summed E-state index contributed by atoms with van der Waals surface area (Å²) in [6.45, 7) is 6.29. The number of nitrogen functional groups attached to an aromatic ring is 1. The number of anilines is 1. The summed E-state index contributed by atoms with van der Waals surface area (Å²) >= 11 is 6.10. The number of nitrogens with two attached hydrogens (primary N) is 1. The van der Waals surface area contributed by atoms with Crippen LogP contribution in [-0.2, 0) is 6.54 Å². The van der Waals surface area contributed by atoms with E-state index in [1.54, 1.807) is 18.2 Å². The van der Waals surface area contributed by atoms with Crippen LogP contribution < -0.4 is 5.73 Å². The van der Waals surface area contributed by atoms with Gasteiger partial charge in [-0.25, -0.2) is 4.39 Å². The zero-order valence-electron chi connectivity index (χ0n) is 17.9. The summed E-state index contributed by atoms with van der Waals surface area (Å²) in [4.78, 5) is 19.9. The van der Waals surface area contributed by atoms with E-state index >= 15 is 0 Å². The third-order valence-corrected chi connectivity index (χ3v) is 6.55. The van der Waals surface area contributed by atoms with Gasteiger partial charge in [-0.05, 0) is 49.4 Å². The molecule has 5 nitrogen and oxygen atoms in total. The first-order valence-corrected chi connectivity index (χ1v) is 10.9. The second-order valence-corrected chi connectivity index (χ2v) is 9.07. The summed E-state index contributed by atoms with van der Waals surface area (Å²) in [5, 5.41) is 0.563. The molecule has 0 saturated carbocycles. The maximum atomic E-state index is 13.2. The largest absolute Gasteiger partial charge is 0.398 e. The molecule has 4 rings (SSSR count). The van der Waals surface area contributed by atoms with Gasteiger partial charge in [-0.2, -0.15) is 0 Å². The SMILES string of the molecule is Cc1cc(C(=O)/C=C/N2C3CN(C)CC2CN(Cc2ccc(F)cc2)C3)c(N)cc1Cl. The van der Waals surface area contributed by atoms with E-state index in [4.69, 9.17) is 17.3 Å². The highest BCUT2D eigenvalue weighted by molar-refractivity contribution is 6.32. The number of fused-ring (bicyclic) bond motifs is 2. The highest BCUT2D eigenvalue weighted by Gasteiger charge is 2.37. The minimum Gasteiger partial charge on any atom is -0.398 e. The number of hydrogen-bond acceptors (Lipinski definition) is 5. The van der Waals surface area contributed by atoms with Crippen LogP contribution in [0.3, 0.4) is 0 Å². The van der Waals surface area contributed by atoms with Gasteiger partial charge in [-0.15, -0.1) is 0 Å². The highest BCUT2D eigenvalue weighted by Crippen LogP contribution is 2.26. The summed E-state index contributed by atoms with van der Waals surface area (Å²) in [6, 6.07) is 10.7. The molecule has 0 radical (unpaired) electrons. The molecule has 0 aromatic heterocycles. The highest BCUT2D eigenvalue weighted by atomic mass is 35.5. The van der Waals surface area contributed by atoms with Crippen LogP contribution in [0.2, 0.25) is 5.02 Å². The van der Waals surface area contributed by atoms with Crippen LogP contribution in [0, 0.1) is 12.7 Å². The van der Waals surface area contributed by atoms with Crippen molar-refractivity contribution in [2.45, 2.75) is 25.6 Å². The van der Waals surface area contributed by atoms with Crippen LogP contribution in [0.1, 0.15) is 21.5 Å². The molecule has 2 atom stereocenters. The van der Waals surface area contributed by atoms with Gasteiger partial charge < -0.3 is 15.5 Å². The van der Waals surface area contributed by atoms with E-state index in [2.05, 4.69) is 21.7 Å². The van der Waals surface area contributed by atoms with E-state index in [0.29, 0.717) is 16.3 Å². The monoisotopic (exact) mass is 442 g/mol. The Morgan fingerprint density at radius 2 is 1.81 bits per heavy atom. The Bertz CT molecular complexity index is 978. The van der Waals surface area contributed by atoms with Crippen LogP contribution in [-0.4, -0.2) is 65.8 Å². The minimum absolute atomic E-state index is 0.113. The number of ketones is 1. The normalized spacial score (nSPS) is 22.3. The van der Waals surface area contributed by atoms with Gasteiger partial charge in [-0.1, -0.05) is 23.7 Å². The van der Waals surface area contributed by atoms with Crippen LogP contribution in [0.4, 0.5) is 10.1 Å². The van der Waals surface area contributed by atoms with Gasteiger partial charge >= 0.3 is 0 Å². The van der Waals surface area contributed by atoms with E-state index in [1.165, 1.54) is 12.1 Å². The van der Waals surface area contributed by atoms with Crippen molar-refractivity contribution in [3.8, 4) is 0 Å². The van der Waals surface area contributed by atoms with E-state index < -0.39 is 0 Å². The molecule has 2 heterocycles. The average molecular weight is 443 g/mol. The molecule has 2 saturated heterocycles. The number of nitrogens with zero attached hydrogens (tertiary/aromatic N) is 3.